The van der Waals surface area contributed by atoms with E-state index in [1.165, 1.54) is 12.8 Å². The van der Waals surface area contributed by atoms with Crippen LogP contribution in [-0.4, -0.2) is 0 Å². The molecule has 0 spiro atoms. The molecule has 66 valence electrons. The number of hydrogen-bond donors (Lipinski definition) is 1. The topological polar surface area (TPSA) is 39.2 Å². The molecule has 0 amide bonds. The van der Waals surface area contributed by atoms with Gasteiger partial charge in [-0.3, -0.25) is 0 Å². The van der Waals surface area contributed by atoms with Gasteiger partial charge in [-0.1, -0.05) is 12.8 Å². The van der Waals surface area contributed by atoms with Crippen molar-refractivity contribution in [2.24, 2.45) is 11.7 Å². The molecule has 2 N–H and O–H groups in total. The molecule has 1 saturated carbocycles. The van der Waals surface area contributed by atoms with Crippen LogP contribution < -0.4 is 5.73 Å². The second-order valence-electron chi connectivity index (χ2n) is 3.73. The fourth-order valence-corrected chi connectivity index (χ4v) is 1.48. The Bertz CT molecular complexity index is 263. The van der Waals surface area contributed by atoms with Crippen molar-refractivity contribution in [3.63, 3.8) is 0 Å². The number of hydrogen-bond acceptors (Lipinski definition) is 2. The van der Waals surface area contributed by atoms with E-state index in [1.807, 2.05) is 19.1 Å². The molecular formula is C10H15NO. The second kappa shape index (κ2) is 2.94. The monoisotopic (exact) mass is 165 g/mol. The van der Waals surface area contributed by atoms with Gasteiger partial charge in [0, 0.05) is 0 Å². The highest BCUT2D eigenvalue weighted by molar-refractivity contribution is 5.09. The number of nitrogens with two attached hydrogens (primary N) is 1. The third-order valence-corrected chi connectivity index (χ3v) is 2.41. The SMILES string of the molecule is Cc1ccc([C@@H](N)CC2CC2)o1. The molecule has 0 unspecified atom stereocenters. The largest absolute Gasteiger partial charge is 0.465 e. The zero-order valence-electron chi connectivity index (χ0n) is 7.42. The van der Waals surface area contributed by atoms with Gasteiger partial charge < -0.3 is 10.2 Å². The summed E-state index contributed by atoms with van der Waals surface area (Å²) < 4.78 is 5.45. The maximum absolute atomic E-state index is 5.96. The molecule has 2 rings (SSSR count). The molecule has 1 aromatic rings. The summed E-state index contributed by atoms with van der Waals surface area (Å²) in [6.45, 7) is 1.95. The maximum Gasteiger partial charge on any atom is 0.120 e. The summed E-state index contributed by atoms with van der Waals surface area (Å²) in [6.07, 6.45) is 3.80. The summed E-state index contributed by atoms with van der Waals surface area (Å²) >= 11 is 0. The first-order chi connectivity index (χ1) is 5.75. The lowest BCUT2D eigenvalue weighted by molar-refractivity contribution is 0.425. The molecule has 1 aromatic heterocycles. The number of furan rings is 1. The van der Waals surface area contributed by atoms with Gasteiger partial charge in [0.1, 0.15) is 11.5 Å². The van der Waals surface area contributed by atoms with E-state index in [9.17, 15) is 0 Å². The quantitative estimate of drug-likeness (QED) is 0.746. The Morgan fingerprint density at radius 3 is 2.83 bits per heavy atom. The van der Waals surface area contributed by atoms with Gasteiger partial charge in [0.05, 0.1) is 6.04 Å². The molecule has 1 heterocycles. The Morgan fingerprint density at radius 1 is 1.58 bits per heavy atom. The Morgan fingerprint density at radius 2 is 2.33 bits per heavy atom. The van der Waals surface area contributed by atoms with Crippen LogP contribution in [0.15, 0.2) is 16.5 Å². The molecule has 2 nitrogen and oxygen atoms in total. The van der Waals surface area contributed by atoms with Crippen molar-refractivity contribution in [3.8, 4) is 0 Å². The van der Waals surface area contributed by atoms with Crippen molar-refractivity contribution >= 4 is 0 Å². The standard InChI is InChI=1S/C10H15NO/c1-7-2-5-10(12-7)9(11)6-8-3-4-8/h2,5,8-9H,3-4,6,11H2,1H3/t9-/m0/s1. The highest BCUT2D eigenvalue weighted by Crippen LogP contribution is 2.36. The minimum atomic E-state index is 0.117. The van der Waals surface area contributed by atoms with Gasteiger partial charge in [0.2, 0.25) is 0 Å². The van der Waals surface area contributed by atoms with Crippen molar-refractivity contribution in [2.45, 2.75) is 32.2 Å². The van der Waals surface area contributed by atoms with Gasteiger partial charge in [-0.05, 0) is 31.4 Å². The average molecular weight is 165 g/mol. The third-order valence-electron chi connectivity index (χ3n) is 2.41. The van der Waals surface area contributed by atoms with Crippen LogP contribution in [0.25, 0.3) is 0 Å². The van der Waals surface area contributed by atoms with Crippen molar-refractivity contribution in [2.75, 3.05) is 0 Å². The Balaban J connectivity index is 1.97. The van der Waals surface area contributed by atoms with E-state index in [2.05, 4.69) is 0 Å². The molecule has 1 aliphatic rings. The molecule has 0 radical (unpaired) electrons. The lowest BCUT2D eigenvalue weighted by Gasteiger charge is -2.06. The zero-order valence-corrected chi connectivity index (χ0v) is 7.42. The predicted molar refractivity (Wildman–Crippen MR) is 47.7 cm³/mol. The average Bonchev–Trinajstić information content (AvgIpc) is 2.72. The zero-order chi connectivity index (χ0) is 8.55. The Labute approximate surface area is 72.7 Å². The number of aryl methyl sites for hydroxylation is 1. The summed E-state index contributed by atoms with van der Waals surface area (Å²) in [5, 5.41) is 0. The fraction of sp³-hybridized carbons (Fsp3) is 0.600. The van der Waals surface area contributed by atoms with E-state index in [0.29, 0.717) is 0 Å². The molecule has 1 atom stereocenters. The minimum absolute atomic E-state index is 0.117. The van der Waals surface area contributed by atoms with Gasteiger partial charge in [-0.15, -0.1) is 0 Å². The van der Waals surface area contributed by atoms with Gasteiger partial charge in [0.15, 0.2) is 0 Å². The van der Waals surface area contributed by atoms with Gasteiger partial charge in [-0.25, -0.2) is 0 Å². The van der Waals surface area contributed by atoms with Crippen molar-refractivity contribution in [1.29, 1.82) is 0 Å². The van der Waals surface area contributed by atoms with Gasteiger partial charge >= 0.3 is 0 Å². The Kier molecular flexibility index (Phi) is 1.93. The first kappa shape index (κ1) is 7.87. The normalized spacial score (nSPS) is 19.5. The fourth-order valence-electron chi connectivity index (χ4n) is 1.48. The first-order valence-corrected chi connectivity index (χ1v) is 4.57. The van der Waals surface area contributed by atoms with Gasteiger partial charge in [0.25, 0.3) is 0 Å². The summed E-state index contributed by atoms with van der Waals surface area (Å²) in [6, 6.07) is 4.08. The second-order valence-corrected chi connectivity index (χ2v) is 3.73. The Hall–Kier alpha value is -0.760. The first-order valence-electron chi connectivity index (χ1n) is 4.57. The summed E-state index contributed by atoms with van der Waals surface area (Å²) in [7, 11) is 0. The van der Waals surface area contributed by atoms with Crippen LogP contribution in [-0.2, 0) is 0 Å². The predicted octanol–water partition coefficient (Wildman–Crippen LogP) is 2.39. The summed E-state index contributed by atoms with van der Waals surface area (Å²) in [5.74, 6) is 2.76. The van der Waals surface area contributed by atoms with Crippen molar-refractivity contribution < 1.29 is 4.42 Å². The minimum Gasteiger partial charge on any atom is -0.465 e. The lowest BCUT2D eigenvalue weighted by atomic mass is 10.1. The summed E-state index contributed by atoms with van der Waals surface area (Å²) in [4.78, 5) is 0. The molecular weight excluding hydrogens is 150 g/mol. The number of rotatable bonds is 3. The van der Waals surface area contributed by atoms with Crippen LogP contribution in [0.1, 0.15) is 36.8 Å². The van der Waals surface area contributed by atoms with Gasteiger partial charge in [-0.2, -0.15) is 0 Å². The van der Waals surface area contributed by atoms with Crippen LogP contribution >= 0.6 is 0 Å². The molecule has 0 saturated heterocycles. The van der Waals surface area contributed by atoms with Crippen molar-refractivity contribution in [1.82, 2.24) is 0 Å². The molecule has 2 heteroatoms. The van der Waals surface area contributed by atoms with E-state index in [-0.39, 0.29) is 6.04 Å². The molecule has 0 aromatic carbocycles. The van der Waals surface area contributed by atoms with E-state index in [4.69, 9.17) is 10.2 Å². The van der Waals surface area contributed by atoms with Crippen LogP contribution in [0.4, 0.5) is 0 Å². The van der Waals surface area contributed by atoms with Crippen LogP contribution in [0.3, 0.4) is 0 Å². The summed E-state index contributed by atoms with van der Waals surface area (Å²) in [5.41, 5.74) is 5.96. The van der Waals surface area contributed by atoms with E-state index in [0.717, 1.165) is 23.9 Å². The van der Waals surface area contributed by atoms with E-state index in [1.54, 1.807) is 0 Å². The van der Waals surface area contributed by atoms with E-state index >= 15 is 0 Å². The molecule has 0 bridgehead atoms. The third kappa shape index (κ3) is 1.69. The molecule has 1 aliphatic carbocycles. The van der Waals surface area contributed by atoms with E-state index < -0.39 is 0 Å². The highest BCUT2D eigenvalue weighted by Gasteiger charge is 2.25. The van der Waals surface area contributed by atoms with Crippen molar-refractivity contribution in [3.05, 3.63) is 23.7 Å². The maximum atomic E-state index is 5.96. The van der Waals surface area contributed by atoms with Crippen LogP contribution in [0, 0.1) is 12.8 Å². The highest BCUT2D eigenvalue weighted by atomic mass is 16.3. The van der Waals surface area contributed by atoms with Crippen LogP contribution in [0.2, 0.25) is 0 Å². The molecule has 1 fully saturated rings. The lowest BCUT2D eigenvalue weighted by Crippen LogP contribution is -2.09. The van der Waals surface area contributed by atoms with Crippen LogP contribution in [0.5, 0.6) is 0 Å². The smallest absolute Gasteiger partial charge is 0.120 e. The molecule has 12 heavy (non-hydrogen) atoms. The molecule has 0 aliphatic heterocycles.